The van der Waals surface area contributed by atoms with Gasteiger partial charge in [0.1, 0.15) is 0 Å². The Morgan fingerprint density at radius 3 is 2.67 bits per heavy atom. The van der Waals surface area contributed by atoms with Crippen LogP contribution in [0.25, 0.3) is 0 Å². The molecule has 0 aromatic heterocycles. The molecule has 2 nitrogen and oxygen atoms in total. The minimum atomic E-state index is 0.103. The highest BCUT2D eigenvalue weighted by molar-refractivity contribution is 4.97. The minimum Gasteiger partial charge on any atom is -0.352 e. The maximum absolute atomic E-state index is 5.75. The molecule has 0 amide bonds. The molecule has 1 heterocycles. The van der Waals surface area contributed by atoms with Crippen LogP contribution in [0.2, 0.25) is 0 Å². The molecule has 0 unspecified atom stereocenters. The van der Waals surface area contributed by atoms with E-state index in [1.165, 1.54) is 25.7 Å². The highest BCUT2D eigenvalue weighted by atomic mass is 16.7. The fourth-order valence-electron chi connectivity index (χ4n) is 1.99. The van der Waals surface area contributed by atoms with Crippen molar-refractivity contribution < 1.29 is 9.47 Å². The Kier molecular flexibility index (Phi) is 2.13. The van der Waals surface area contributed by atoms with Crippen molar-refractivity contribution in [2.24, 2.45) is 5.41 Å². The van der Waals surface area contributed by atoms with E-state index >= 15 is 0 Å². The van der Waals surface area contributed by atoms with E-state index in [4.69, 9.17) is 9.47 Å². The van der Waals surface area contributed by atoms with Crippen LogP contribution >= 0.6 is 0 Å². The largest absolute Gasteiger partial charge is 0.352 e. The van der Waals surface area contributed by atoms with Crippen LogP contribution in [0, 0.1) is 5.41 Å². The third kappa shape index (κ3) is 1.50. The molecule has 2 fully saturated rings. The van der Waals surface area contributed by atoms with Gasteiger partial charge in [-0.2, -0.15) is 0 Å². The van der Waals surface area contributed by atoms with Crippen molar-refractivity contribution in [3.63, 3.8) is 0 Å². The third-order valence-corrected chi connectivity index (χ3v) is 2.88. The third-order valence-electron chi connectivity index (χ3n) is 2.88. The fourth-order valence-corrected chi connectivity index (χ4v) is 1.99. The van der Waals surface area contributed by atoms with Gasteiger partial charge in [-0.1, -0.05) is 0 Å². The smallest absolute Gasteiger partial charge is 0.163 e. The van der Waals surface area contributed by atoms with E-state index in [0.717, 1.165) is 6.61 Å². The second-order valence-corrected chi connectivity index (χ2v) is 4.35. The van der Waals surface area contributed by atoms with Gasteiger partial charge in [-0.15, -0.1) is 0 Å². The quantitative estimate of drug-likeness (QED) is 0.633. The van der Waals surface area contributed by atoms with Gasteiger partial charge >= 0.3 is 0 Å². The standard InChI is InChI=1S/C10H18O2/c1-8(2)12-9-10(5-6-10)4-3-7-11-9/h8-9H,3-7H2,1-2H3/t9-/m0/s1. The van der Waals surface area contributed by atoms with Gasteiger partial charge in [0.25, 0.3) is 0 Å². The molecule has 1 aliphatic carbocycles. The first-order valence-corrected chi connectivity index (χ1v) is 5.00. The first-order valence-electron chi connectivity index (χ1n) is 5.00. The van der Waals surface area contributed by atoms with Crippen LogP contribution in [0.4, 0.5) is 0 Å². The molecule has 1 aliphatic heterocycles. The topological polar surface area (TPSA) is 18.5 Å². The Labute approximate surface area is 74.2 Å². The highest BCUT2D eigenvalue weighted by Gasteiger charge is 2.52. The molecule has 70 valence electrons. The van der Waals surface area contributed by atoms with E-state index < -0.39 is 0 Å². The monoisotopic (exact) mass is 170 g/mol. The van der Waals surface area contributed by atoms with Gasteiger partial charge in [0.2, 0.25) is 0 Å². The molecule has 2 aliphatic rings. The van der Waals surface area contributed by atoms with Crippen LogP contribution in [0.15, 0.2) is 0 Å². The molecular formula is C10H18O2. The lowest BCUT2D eigenvalue weighted by Crippen LogP contribution is -2.35. The van der Waals surface area contributed by atoms with E-state index in [1.807, 2.05) is 0 Å². The van der Waals surface area contributed by atoms with Crippen LogP contribution in [0.5, 0.6) is 0 Å². The first kappa shape index (κ1) is 8.52. The number of ether oxygens (including phenoxy) is 2. The maximum Gasteiger partial charge on any atom is 0.163 e. The second kappa shape index (κ2) is 3.00. The van der Waals surface area contributed by atoms with Crippen molar-refractivity contribution in [2.75, 3.05) is 6.61 Å². The molecular weight excluding hydrogens is 152 g/mol. The van der Waals surface area contributed by atoms with E-state index in [-0.39, 0.29) is 6.29 Å². The van der Waals surface area contributed by atoms with Gasteiger partial charge in [-0.3, -0.25) is 0 Å². The van der Waals surface area contributed by atoms with Crippen molar-refractivity contribution in [1.82, 2.24) is 0 Å². The molecule has 12 heavy (non-hydrogen) atoms. The average molecular weight is 170 g/mol. The second-order valence-electron chi connectivity index (χ2n) is 4.35. The molecule has 1 saturated carbocycles. The summed E-state index contributed by atoms with van der Waals surface area (Å²) in [6.07, 6.45) is 5.55. The summed E-state index contributed by atoms with van der Waals surface area (Å²) in [5.41, 5.74) is 0.433. The summed E-state index contributed by atoms with van der Waals surface area (Å²) in [4.78, 5) is 0. The minimum absolute atomic E-state index is 0.103. The molecule has 0 aromatic carbocycles. The molecule has 1 spiro atoms. The molecule has 1 atom stereocenters. The SMILES string of the molecule is CC(C)O[C@@H]1OCCCC12CC2. The van der Waals surface area contributed by atoms with Gasteiger partial charge in [0, 0.05) is 12.0 Å². The number of hydrogen-bond acceptors (Lipinski definition) is 2. The molecule has 0 bridgehead atoms. The Morgan fingerprint density at radius 2 is 2.08 bits per heavy atom. The van der Waals surface area contributed by atoms with Gasteiger partial charge < -0.3 is 9.47 Å². The van der Waals surface area contributed by atoms with Gasteiger partial charge in [0.05, 0.1) is 6.10 Å². The van der Waals surface area contributed by atoms with Crippen molar-refractivity contribution in [2.45, 2.75) is 51.9 Å². The molecule has 0 aromatic rings. The lowest BCUT2D eigenvalue weighted by atomic mass is 9.97. The van der Waals surface area contributed by atoms with Gasteiger partial charge in [0.15, 0.2) is 6.29 Å². The van der Waals surface area contributed by atoms with E-state index in [2.05, 4.69) is 13.8 Å². The van der Waals surface area contributed by atoms with E-state index in [0.29, 0.717) is 11.5 Å². The van der Waals surface area contributed by atoms with Crippen LogP contribution in [-0.2, 0) is 9.47 Å². The van der Waals surface area contributed by atoms with Crippen LogP contribution in [0.3, 0.4) is 0 Å². The van der Waals surface area contributed by atoms with E-state index in [1.54, 1.807) is 0 Å². The molecule has 1 saturated heterocycles. The summed E-state index contributed by atoms with van der Waals surface area (Å²) in [5.74, 6) is 0. The molecule has 2 heteroatoms. The van der Waals surface area contributed by atoms with Crippen LogP contribution in [-0.4, -0.2) is 19.0 Å². The number of rotatable bonds is 2. The summed E-state index contributed by atoms with van der Waals surface area (Å²) >= 11 is 0. The summed E-state index contributed by atoms with van der Waals surface area (Å²) in [5, 5.41) is 0. The predicted octanol–water partition coefficient (Wildman–Crippen LogP) is 2.33. The van der Waals surface area contributed by atoms with Crippen molar-refractivity contribution in [3.05, 3.63) is 0 Å². The summed E-state index contributed by atoms with van der Waals surface area (Å²) in [7, 11) is 0. The highest BCUT2D eigenvalue weighted by Crippen LogP contribution is 2.55. The zero-order valence-corrected chi connectivity index (χ0v) is 8.01. The predicted molar refractivity (Wildman–Crippen MR) is 46.9 cm³/mol. The average Bonchev–Trinajstić information content (AvgIpc) is 2.75. The summed E-state index contributed by atoms with van der Waals surface area (Å²) in [6.45, 7) is 5.04. The molecule has 2 rings (SSSR count). The van der Waals surface area contributed by atoms with Crippen molar-refractivity contribution in [3.8, 4) is 0 Å². The van der Waals surface area contributed by atoms with Crippen molar-refractivity contribution >= 4 is 0 Å². The molecule has 0 radical (unpaired) electrons. The summed E-state index contributed by atoms with van der Waals surface area (Å²) in [6, 6.07) is 0. The molecule has 0 N–H and O–H groups in total. The zero-order valence-electron chi connectivity index (χ0n) is 8.01. The van der Waals surface area contributed by atoms with Crippen molar-refractivity contribution in [1.29, 1.82) is 0 Å². The van der Waals surface area contributed by atoms with Gasteiger partial charge in [-0.25, -0.2) is 0 Å². The van der Waals surface area contributed by atoms with Crippen LogP contribution < -0.4 is 0 Å². The van der Waals surface area contributed by atoms with E-state index in [9.17, 15) is 0 Å². The lowest BCUT2D eigenvalue weighted by Gasteiger charge is -2.32. The Morgan fingerprint density at radius 1 is 1.33 bits per heavy atom. The number of hydrogen-bond donors (Lipinski definition) is 0. The Bertz CT molecular complexity index is 161. The van der Waals surface area contributed by atoms with Crippen LogP contribution in [0.1, 0.15) is 39.5 Å². The zero-order chi connectivity index (χ0) is 8.60. The Balaban J connectivity index is 1.93. The normalized spacial score (nSPS) is 32.8. The summed E-state index contributed by atoms with van der Waals surface area (Å²) < 4.78 is 11.4. The van der Waals surface area contributed by atoms with Gasteiger partial charge in [-0.05, 0) is 39.5 Å². The Hall–Kier alpha value is -0.0800. The fraction of sp³-hybridized carbons (Fsp3) is 1.00. The first-order chi connectivity index (χ1) is 5.73. The lowest BCUT2D eigenvalue weighted by molar-refractivity contribution is -0.218. The maximum atomic E-state index is 5.75.